The van der Waals surface area contributed by atoms with Crippen LogP contribution in [-0.4, -0.2) is 16.8 Å². The second-order valence-electron chi connectivity index (χ2n) is 4.83. The highest BCUT2D eigenvalue weighted by Gasteiger charge is 2.21. The molecule has 0 bridgehead atoms. The fraction of sp³-hybridized carbons (Fsp3) is 0.375. The number of amides is 1. The van der Waals surface area contributed by atoms with Crippen molar-refractivity contribution >= 4 is 40.3 Å². The molecule has 1 aliphatic heterocycles. The lowest BCUT2D eigenvalue weighted by atomic mass is 10.2. The van der Waals surface area contributed by atoms with Gasteiger partial charge in [-0.1, -0.05) is 62.3 Å². The van der Waals surface area contributed by atoms with E-state index in [-0.39, 0.29) is 5.91 Å². The predicted molar refractivity (Wildman–Crippen MR) is 92.4 cm³/mol. The Hall–Kier alpha value is -1.33. The summed E-state index contributed by atoms with van der Waals surface area (Å²) in [6.07, 6.45) is 6.64. The zero-order valence-electron chi connectivity index (χ0n) is 12.1. The van der Waals surface area contributed by atoms with E-state index in [2.05, 4.69) is 12.2 Å². The van der Waals surface area contributed by atoms with Gasteiger partial charge in [0.15, 0.2) is 0 Å². The second-order valence-corrected chi connectivity index (χ2v) is 6.55. The summed E-state index contributed by atoms with van der Waals surface area (Å²) in [6.45, 7) is 2.96. The minimum Gasteiger partial charge on any atom is -0.494 e. The lowest BCUT2D eigenvalue weighted by Gasteiger charge is -2.06. The highest BCUT2D eigenvalue weighted by Crippen LogP contribution is 2.26. The summed E-state index contributed by atoms with van der Waals surface area (Å²) in [5.41, 5.74) is 0.968. The summed E-state index contributed by atoms with van der Waals surface area (Å²) >= 11 is 6.25. The zero-order valence-corrected chi connectivity index (χ0v) is 13.7. The third kappa shape index (κ3) is 5.17. The number of ether oxygens (including phenoxy) is 1. The van der Waals surface area contributed by atoms with Gasteiger partial charge < -0.3 is 10.1 Å². The normalized spacial score (nSPS) is 16.3. The van der Waals surface area contributed by atoms with Crippen molar-refractivity contribution in [1.82, 2.24) is 5.32 Å². The minimum absolute atomic E-state index is 0.124. The van der Waals surface area contributed by atoms with Gasteiger partial charge in [-0.05, 0) is 30.2 Å². The number of nitrogens with one attached hydrogen (secondary N) is 1. The fourth-order valence-corrected chi connectivity index (χ4v) is 3.00. The van der Waals surface area contributed by atoms with Gasteiger partial charge in [-0.25, -0.2) is 0 Å². The highest BCUT2D eigenvalue weighted by molar-refractivity contribution is 8.26. The molecule has 21 heavy (non-hydrogen) atoms. The number of thiocarbonyl (C=S) groups is 1. The van der Waals surface area contributed by atoms with Crippen molar-refractivity contribution < 1.29 is 9.53 Å². The molecule has 1 heterocycles. The van der Waals surface area contributed by atoms with E-state index in [1.54, 1.807) is 0 Å². The minimum atomic E-state index is -0.124. The van der Waals surface area contributed by atoms with Gasteiger partial charge in [-0.2, -0.15) is 0 Å². The molecule has 0 aromatic heterocycles. The molecule has 1 amide bonds. The maximum atomic E-state index is 11.6. The molecular weight excluding hydrogens is 302 g/mol. The first-order chi connectivity index (χ1) is 10.2. The molecule has 1 fully saturated rings. The van der Waals surface area contributed by atoms with Gasteiger partial charge >= 0.3 is 0 Å². The van der Waals surface area contributed by atoms with E-state index >= 15 is 0 Å². The van der Waals surface area contributed by atoms with E-state index in [1.165, 1.54) is 31.0 Å². The Bertz CT molecular complexity index is 538. The van der Waals surface area contributed by atoms with Crippen LogP contribution in [0.25, 0.3) is 6.08 Å². The monoisotopic (exact) mass is 321 g/mol. The molecule has 1 aromatic rings. The van der Waals surface area contributed by atoms with E-state index in [0.717, 1.165) is 24.3 Å². The van der Waals surface area contributed by atoms with Crippen LogP contribution in [0.15, 0.2) is 29.2 Å². The van der Waals surface area contributed by atoms with Crippen LogP contribution in [0.1, 0.15) is 38.2 Å². The lowest BCUT2D eigenvalue weighted by Crippen LogP contribution is -2.17. The van der Waals surface area contributed by atoms with Gasteiger partial charge in [0.2, 0.25) is 0 Å². The number of hydrogen-bond acceptors (Lipinski definition) is 4. The van der Waals surface area contributed by atoms with E-state index in [1.807, 2.05) is 30.3 Å². The van der Waals surface area contributed by atoms with Crippen molar-refractivity contribution in [2.24, 2.45) is 0 Å². The summed E-state index contributed by atoms with van der Waals surface area (Å²) in [6, 6.07) is 7.76. The Morgan fingerprint density at radius 3 is 2.62 bits per heavy atom. The molecule has 3 nitrogen and oxygen atoms in total. The quantitative estimate of drug-likeness (QED) is 0.465. The lowest BCUT2D eigenvalue weighted by molar-refractivity contribution is -0.115. The van der Waals surface area contributed by atoms with Gasteiger partial charge in [-0.3, -0.25) is 4.79 Å². The first-order valence-electron chi connectivity index (χ1n) is 7.17. The Kier molecular flexibility index (Phi) is 6.26. The van der Waals surface area contributed by atoms with Crippen LogP contribution < -0.4 is 10.1 Å². The predicted octanol–water partition coefficient (Wildman–Crippen LogP) is 4.13. The van der Waals surface area contributed by atoms with Gasteiger partial charge in [-0.15, -0.1) is 0 Å². The van der Waals surface area contributed by atoms with Gasteiger partial charge in [0, 0.05) is 0 Å². The molecule has 1 saturated heterocycles. The standard InChI is InChI=1S/C16H19NO2S2/c1-2-3-4-5-10-19-13-8-6-12(7-9-13)11-14-15(18)17-16(20)21-14/h6-9,11H,2-5,10H2,1H3,(H,17,18,20)/b14-11-. The van der Waals surface area contributed by atoms with Crippen molar-refractivity contribution in [1.29, 1.82) is 0 Å². The number of thioether (sulfide) groups is 1. The molecule has 1 N–H and O–H groups in total. The van der Waals surface area contributed by atoms with Crippen molar-refractivity contribution in [3.8, 4) is 5.75 Å². The maximum Gasteiger partial charge on any atom is 0.263 e. The maximum absolute atomic E-state index is 11.6. The third-order valence-corrected chi connectivity index (χ3v) is 4.25. The molecule has 0 spiro atoms. The number of carbonyl (C=O) groups is 1. The Morgan fingerprint density at radius 1 is 1.24 bits per heavy atom. The number of unbranched alkanes of at least 4 members (excludes halogenated alkanes) is 3. The molecule has 0 atom stereocenters. The van der Waals surface area contributed by atoms with Gasteiger partial charge in [0.25, 0.3) is 5.91 Å². The van der Waals surface area contributed by atoms with Crippen LogP contribution in [0.4, 0.5) is 0 Å². The largest absolute Gasteiger partial charge is 0.494 e. The SMILES string of the molecule is CCCCCCOc1ccc(/C=C2\SC(=S)NC2=O)cc1. The van der Waals surface area contributed by atoms with Crippen molar-refractivity contribution in [3.05, 3.63) is 34.7 Å². The first kappa shape index (κ1) is 16.0. The van der Waals surface area contributed by atoms with Crippen LogP contribution in [0.5, 0.6) is 5.75 Å². The van der Waals surface area contributed by atoms with E-state index in [9.17, 15) is 4.79 Å². The highest BCUT2D eigenvalue weighted by atomic mass is 32.2. The third-order valence-electron chi connectivity index (χ3n) is 3.09. The fourth-order valence-electron chi connectivity index (χ4n) is 1.95. The Balaban J connectivity index is 1.86. The second kappa shape index (κ2) is 8.20. The molecule has 1 aliphatic rings. The van der Waals surface area contributed by atoms with Crippen molar-refractivity contribution in [2.45, 2.75) is 32.6 Å². The number of carbonyl (C=O) groups excluding carboxylic acids is 1. The Labute approximate surface area is 135 Å². The molecule has 0 saturated carbocycles. The average molecular weight is 321 g/mol. The topological polar surface area (TPSA) is 38.3 Å². The number of hydrogen-bond donors (Lipinski definition) is 1. The summed E-state index contributed by atoms with van der Waals surface area (Å²) < 4.78 is 6.20. The van der Waals surface area contributed by atoms with Gasteiger partial charge in [0.1, 0.15) is 10.1 Å². The first-order valence-corrected chi connectivity index (χ1v) is 8.39. The molecule has 2 rings (SSSR count). The van der Waals surface area contributed by atoms with Crippen LogP contribution in [0, 0.1) is 0 Å². The van der Waals surface area contributed by atoms with Crippen molar-refractivity contribution in [3.63, 3.8) is 0 Å². The molecule has 5 heteroatoms. The van der Waals surface area contributed by atoms with Crippen LogP contribution in [0.3, 0.4) is 0 Å². The molecule has 1 aromatic carbocycles. The molecule has 0 unspecified atom stereocenters. The zero-order chi connectivity index (χ0) is 15.1. The van der Waals surface area contributed by atoms with Gasteiger partial charge in [0.05, 0.1) is 11.5 Å². The average Bonchev–Trinajstić information content (AvgIpc) is 2.78. The summed E-state index contributed by atoms with van der Waals surface area (Å²) in [5.74, 6) is 0.744. The van der Waals surface area contributed by atoms with E-state index < -0.39 is 0 Å². The van der Waals surface area contributed by atoms with E-state index in [0.29, 0.717) is 9.23 Å². The molecule has 112 valence electrons. The van der Waals surface area contributed by atoms with Crippen LogP contribution >= 0.6 is 24.0 Å². The molecule has 0 aliphatic carbocycles. The van der Waals surface area contributed by atoms with Crippen molar-refractivity contribution in [2.75, 3.05) is 6.61 Å². The number of rotatable bonds is 7. The smallest absolute Gasteiger partial charge is 0.263 e. The van der Waals surface area contributed by atoms with Crippen LogP contribution in [0.2, 0.25) is 0 Å². The summed E-state index contributed by atoms with van der Waals surface area (Å²) in [5, 5.41) is 2.61. The summed E-state index contributed by atoms with van der Waals surface area (Å²) in [7, 11) is 0. The summed E-state index contributed by atoms with van der Waals surface area (Å²) in [4.78, 5) is 12.2. The molecule has 0 radical (unpaired) electrons. The number of benzene rings is 1. The Morgan fingerprint density at radius 2 is 2.00 bits per heavy atom. The molecular formula is C16H19NO2S2. The van der Waals surface area contributed by atoms with Crippen LogP contribution in [-0.2, 0) is 4.79 Å². The van der Waals surface area contributed by atoms with E-state index in [4.69, 9.17) is 17.0 Å².